The molecule has 2 aromatic rings. The molecule has 0 bridgehead atoms. The number of benzene rings is 2. The maximum absolute atomic E-state index is 6.36. The van der Waals surface area contributed by atoms with Crippen molar-refractivity contribution < 1.29 is 14.2 Å². The summed E-state index contributed by atoms with van der Waals surface area (Å²) < 4.78 is 16.6. The van der Waals surface area contributed by atoms with Gasteiger partial charge >= 0.3 is 0 Å². The molecule has 0 saturated heterocycles. The summed E-state index contributed by atoms with van der Waals surface area (Å²) in [6, 6.07) is 12.0. The summed E-state index contributed by atoms with van der Waals surface area (Å²) in [6.45, 7) is 4.40. The van der Waals surface area contributed by atoms with E-state index in [1.807, 2.05) is 18.2 Å². The van der Waals surface area contributed by atoms with Gasteiger partial charge in [-0.05, 0) is 35.7 Å². The molecule has 0 spiro atoms. The highest BCUT2D eigenvalue weighted by molar-refractivity contribution is 6.31. The molecule has 4 nitrogen and oxygen atoms in total. The lowest BCUT2D eigenvalue weighted by Crippen LogP contribution is -2.13. The molecular weight excluding hydrogens is 386 g/mol. The largest absolute Gasteiger partial charge is 0.494 e. The van der Waals surface area contributed by atoms with E-state index >= 15 is 0 Å². The average Bonchev–Trinajstić information content (AvgIpc) is 2.74. The molecule has 0 atom stereocenters. The first-order valence-corrected chi connectivity index (χ1v) is 10.9. The fourth-order valence-corrected chi connectivity index (χ4v) is 3.41. The van der Waals surface area contributed by atoms with Crippen LogP contribution in [-0.2, 0) is 13.1 Å². The van der Waals surface area contributed by atoms with Gasteiger partial charge in [-0.15, -0.1) is 0 Å². The van der Waals surface area contributed by atoms with Gasteiger partial charge in [0.15, 0.2) is 11.5 Å². The predicted molar refractivity (Wildman–Crippen MR) is 120 cm³/mol. The molecular formula is C24H34ClNO3. The van der Waals surface area contributed by atoms with E-state index in [4.69, 9.17) is 25.8 Å². The van der Waals surface area contributed by atoms with Gasteiger partial charge in [0.1, 0.15) is 5.75 Å². The Morgan fingerprint density at radius 1 is 0.862 bits per heavy atom. The average molecular weight is 420 g/mol. The Hall–Kier alpha value is -1.91. The Kier molecular flexibility index (Phi) is 10.7. The standard InChI is InChI=1S/C24H34ClNO3/c1-4-5-6-7-8-9-13-29-21-12-10-11-19(14-21)17-26-18-20-15-23(27-2)24(28-3)16-22(20)25/h10-12,14-16,26H,4-9,13,17-18H2,1-3H3. The van der Waals surface area contributed by atoms with Gasteiger partial charge in [-0.3, -0.25) is 0 Å². The minimum Gasteiger partial charge on any atom is -0.494 e. The smallest absolute Gasteiger partial charge is 0.162 e. The summed E-state index contributed by atoms with van der Waals surface area (Å²) in [5.41, 5.74) is 2.15. The first kappa shape index (κ1) is 23.4. The molecule has 5 heteroatoms. The number of hydrogen-bond acceptors (Lipinski definition) is 4. The maximum atomic E-state index is 6.36. The highest BCUT2D eigenvalue weighted by Crippen LogP contribution is 2.33. The zero-order valence-electron chi connectivity index (χ0n) is 17.9. The summed E-state index contributed by atoms with van der Waals surface area (Å²) in [6.07, 6.45) is 7.62. The van der Waals surface area contributed by atoms with Crippen LogP contribution in [0.1, 0.15) is 56.6 Å². The van der Waals surface area contributed by atoms with Crippen molar-refractivity contribution in [1.82, 2.24) is 5.32 Å². The van der Waals surface area contributed by atoms with Gasteiger partial charge in [-0.25, -0.2) is 0 Å². The lowest BCUT2D eigenvalue weighted by Gasteiger charge is -2.13. The minimum atomic E-state index is 0.636. The fourth-order valence-electron chi connectivity index (χ4n) is 3.19. The molecule has 0 aliphatic carbocycles. The molecule has 0 fully saturated rings. The van der Waals surface area contributed by atoms with E-state index in [2.05, 4.69) is 24.4 Å². The van der Waals surface area contributed by atoms with Crippen LogP contribution in [0.5, 0.6) is 17.2 Å². The normalized spacial score (nSPS) is 10.8. The predicted octanol–water partition coefficient (Wildman–Crippen LogP) is 6.39. The number of rotatable bonds is 14. The lowest BCUT2D eigenvalue weighted by atomic mass is 10.1. The number of unbranched alkanes of at least 4 members (excludes halogenated alkanes) is 5. The third-order valence-corrected chi connectivity index (χ3v) is 5.21. The third-order valence-electron chi connectivity index (χ3n) is 4.86. The van der Waals surface area contributed by atoms with Gasteiger partial charge in [0, 0.05) is 24.2 Å². The van der Waals surface area contributed by atoms with Crippen LogP contribution in [0.4, 0.5) is 0 Å². The van der Waals surface area contributed by atoms with Crippen molar-refractivity contribution in [1.29, 1.82) is 0 Å². The first-order chi connectivity index (χ1) is 14.2. The number of methoxy groups -OCH3 is 2. The van der Waals surface area contributed by atoms with Gasteiger partial charge < -0.3 is 19.5 Å². The van der Waals surface area contributed by atoms with Crippen LogP contribution in [0.2, 0.25) is 5.02 Å². The highest BCUT2D eigenvalue weighted by Gasteiger charge is 2.09. The van der Waals surface area contributed by atoms with E-state index in [1.165, 1.54) is 37.7 Å². The Morgan fingerprint density at radius 3 is 2.34 bits per heavy atom. The second-order valence-corrected chi connectivity index (χ2v) is 7.57. The molecule has 29 heavy (non-hydrogen) atoms. The molecule has 0 aromatic heterocycles. The molecule has 0 unspecified atom stereocenters. The lowest BCUT2D eigenvalue weighted by molar-refractivity contribution is 0.304. The van der Waals surface area contributed by atoms with Crippen molar-refractivity contribution in [2.75, 3.05) is 20.8 Å². The Morgan fingerprint density at radius 2 is 1.59 bits per heavy atom. The fraction of sp³-hybridized carbons (Fsp3) is 0.500. The second-order valence-electron chi connectivity index (χ2n) is 7.17. The van der Waals surface area contributed by atoms with Crippen LogP contribution >= 0.6 is 11.6 Å². The summed E-state index contributed by atoms with van der Waals surface area (Å²) in [7, 11) is 3.23. The number of ether oxygens (including phenoxy) is 3. The number of halogens is 1. The highest BCUT2D eigenvalue weighted by atomic mass is 35.5. The molecule has 0 radical (unpaired) electrons. The maximum Gasteiger partial charge on any atom is 0.162 e. The van der Waals surface area contributed by atoms with Crippen LogP contribution < -0.4 is 19.5 Å². The summed E-state index contributed by atoms with van der Waals surface area (Å²) >= 11 is 6.36. The van der Waals surface area contributed by atoms with Crippen LogP contribution in [0.25, 0.3) is 0 Å². The van der Waals surface area contributed by atoms with Crippen molar-refractivity contribution in [2.45, 2.75) is 58.5 Å². The van der Waals surface area contributed by atoms with E-state index < -0.39 is 0 Å². The Bertz CT molecular complexity index is 736. The molecule has 0 heterocycles. The second kappa shape index (κ2) is 13.3. The van der Waals surface area contributed by atoms with Gasteiger partial charge in [0.2, 0.25) is 0 Å². The van der Waals surface area contributed by atoms with Gasteiger partial charge in [-0.2, -0.15) is 0 Å². The van der Waals surface area contributed by atoms with Crippen LogP contribution in [-0.4, -0.2) is 20.8 Å². The zero-order chi connectivity index (χ0) is 20.9. The van der Waals surface area contributed by atoms with E-state index in [0.717, 1.165) is 30.9 Å². The molecule has 1 N–H and O–H groups in total. The summed E-state index contributed by atoms with van der Waals surface area (Å²) in [5, 5.41) is 4.09. The van der Waals surface area contributed by atoms with Crippen LogP contribution in [0, 0.1) is 0 Å². The molecule has 2 rings (SSSR count). The van der Waals surface area contributed by atoms with Gasteiger partial charge in [0.25, 0.3) is 0 Å². The molecule has 160 valence electrons. The Labute approximate surface area is 180 Å². The van der Waals surface area contributed by atoms with Gasteiger partial charge in [0.05, 0.1) is 20.8 Å². The topological polar surface area (TPSA) is 39.7 Å². The van der Waals surface area contributed by atoms with Crippen molar-refractivity contribution >= 4 is 11.6 Å². The monoisotopic (exact) mass is 419 g/mol. The summed E-state index contributed by atoms with van der Waals surface area (Å²) in [4.78, 5) is 0. The molecule has 0 saturated carbocycles. The van der Waals surface area contributed by atoms with E-state index in [9.17, 15) is 0 Å². The first-order valence-electron chi connectivity index (χ1n) is 10.5. The SMILES string of the molecule is CCCCCCCCOc1cccc(CNCc2cc(OC)c(OC)cc2Cl)c1. The van der Waals surface area contributed by atoms with Gasteiger partial charge in [-0.1, -0.05) is 62.8 Å². The molecule has 0 aliphatic heterocycles. The molecule has 0 amide bonds. The van der Waals surface area contributed by atoms with Crippen molar-refractivity contribution in [3.8, 4) is 17.2 Å². The quantitative estimate of drug-likeness (QED) is 0.360. The van der Waals surface area contributed by atoms with E-state index in [-0.39, 0.29) is 0 Å². The van der Waals surface area contributed by atoms with Crippen molar-refractivity contribution in [2.24, 2.45) is 0 Å². The number of nitrogens with one attached hydrogen (secondary N) is 1. The third kappa shape index (κ3) is 8.15. The van der Waals surface area contributed by atoms with Crippen molar-refractivity contribution in [3.63, 3.8) is 0 Å². The summed E-state index contributed by atoms with van der Waals surface area (Å²) in [5.74, 6) is 2.25. The molecule has 0 aliphatic rings. The van der Waals surface area contributed by atoms with Crippen LogP contribution in [0.15, 0.2) is 36.4 Å². The number of hydrogen-bond donors (Lipinski definition) is 1. The Balaban J connectivity index is 1.78. The zero-order valence-corrected chi connectivity index (χ0v) is 18.7. The van der Waals surface area contributed by atoms with E-state index in [0.29, 0.717) is 23.1 Å². The molecule has 2 aromatic carbocycles. The van der Waals surface area contributed by atoms with Crippen LogP contribution in [0.3, 0.4) is 0 Å². The minimum absolute atomic E-state index is 0.636. The van der Waals surface area contributed by atoms with E-state index in [1.54, 1.807) is 20.3 Å². The van der Waals surface area contributed by atoms with Crippen molar-refractivity contribution in [3.05, 3.63) is 52.5 Å².